The smallest absolute Gasteiger partial charge is 0.268 e. The molecule has 2 N–H and O–H groups in total. The van der Waals surface area contributed by atoms with Gasteiger partial charge in [-0.15, -0.1) is 0 Å². The summed E-state index contributed by atoms with van der Waals surface area (Å²) in [5, 5.41) is 13.9. The third-order valence-electron chi connectivity index (χ3n) is 10.9. The summed E-state index contributed by atoms with van der Waals surface area (Å²) in [4.78, 5) is 25.4. The monoisotopic (exact) mass is 901 g/mol. The van der Waals surface area contributed by atoms with Gasteiger partial charge in [0.05, 0.1) is 39.9 Å². The summed E-state index contributed by atoms with van der Waals surface area (Å²) in [6.45, 7) is 4.57. The number of phosphoric acid groups is 1. The maximum atomic E-state index is 12.9. The first-order valence-electron chi connectivity index (χ1n) is 25.4. The molecule has 0 aliphatic rings. The lowest BCUT2D eigenvalue weighted by molar-refractivity contribution is -0.870. The fraction of sp³-hybridized carbons (Fsp3) is 0.722. The van der Waals surface area contributed by atoms with Gasteiger partial charge in [-0.3, -0.25) is 9.36 Å². The molecule has 63 heavy (non-hydrogen) atoms. The Balaban J connectivity index is 4.13. The first-order chi connectivity index (χ1) is 30.5. The van der Waals surface area contributed by atoms with E-state index in [0.29, 0.717) is 23.9 Å². The van der Waals surface area contributed by atoms with E-state index >= 15 is 0 Å². The number of allylic oxidation sites excluding steroid dienone is 14. The van der Waals surface area contributed by atoms with Gasteiger partial charge in [0, 0.05) is 6.42 Å². The minimum Gasteiger partial charge on any atom is -0.756 e. The normalized spacial score (nSPS) is 14.8. The van der Waals surface area contributed by atoms with E-state index in [1.807, 2.05) is 21.1 Å². The minimum absolute atomic E-state index is 0.00684. The number of likely N-dealkylation sites (N-methyl/N-ethyl adjacent to an activating group) is 1. The van der Waals surface area contributed by atoms with Gasteiger partial charge in [-0.25, -0.2) is 0 Å². The molecule has 0 rings (SSSR count). The van der Waals surface area contributed by atoms with Gasteiger partial charge in [0.1, 0.15) is 13.2 Å². The van der Waals surface area contributed by atoms with Gasteiger partial charge < -0.3 is 28.8 Å². The average molecular weight is 901 g/mol. The third-order valence-corrected chi connectivity index (χ3v) is 11.9. The van der Waals surface area contributed by atoms with Crippen LogP contribution < -0.4 is 10.2 Å². The van der Waals surface area contributed by atoms with Crippen LogP contribution in [-0.4, -0.2) is 68.5 Å². The molecule has 0 aromatic heterocycles. The standard InChI is InChI=1S/C54H97N2O6P/c1-6-8-10-12-14-16-18-19-20-21-22-23-24-25-26-27-28-29-30-31-32-33-34-35-36-37-38-40-42-44-46-48-54(58)55-52(51-62-63(59,60)61-50-49-56(3,4)5)53(57)47-45-43-41-39-17-15-13-11-9-7-2/h8,10,14,16,19-20,22-23,25-26,28-29,31-32,52-53,57H,6-7,9,11-13,15,17-18,21,24,27,30,33-51H2,1-5H3,(H-,55,58,59,60)/b10-8-,16-14-,20-19-,23-22-,26-25-,29-28-,32-31-. The number of phosphoric ester groups is 1. The van der Waals surface area contributed by atoms with Gasteiger partial charge in [0.25, 0.3) is 7.82 Å². The van der Waals surface area contributed by atoms with Crippen molar-refractivity contribution in [1.29, 1.82) is 0 Å². The Morgan fingerprint density at radius 2 is 0.968 bits per heavy atom. The summed E-state index contributed by atoms with van der Waals surface area (Å²) >= 11 is 0. The number of hydrogen-bond acceptors (Lipinski definition) is 6. The summed E-state index contributed by atoms with van der Waals surface area (Å²) in [7, 11) is 1.29. The van der Waals surface area contributed by atoms with Crippen molar-refractivity contribution in [3.63, 3.8) is 0 Å². The van der Waals surface area contributed by atoms with E-state index in [1.54, 1.807) is 0 Å². The predicted molar refractivity (Wildman–Crippen MR) is 270 cm³/mol. The Bertz CT molecular complexity index is 1300. The summed E-state index contributed by atoms with van der Waals surface area (Å²) < 4.78 is 23.3. The van der Waals surface area contributed by atoms with Crippen molar-refractivity contribution in [2.75, 3.05) is 40.9 Å². The van der Waals surface area contributed by atoms with E-state index in [1.165, 1.54) is 83.5 Å². The lowest BCUT2D eigenvalue weighted by Crippen LogP contribution is -2.46. The summed E-state index contributed by atoms with van der Waals surface area (Å²) in [6.07, 6.45) is 61.8. The summed E-state index contributed by atoms with van der Waals surface area (Å²) in [6, 6.07) is -0.807. The molecule has 1 amide bonds. The number of nitrogens with zero attached hydrogens (tertiary/aromatic N) is 1. The molecule has 0 radical (unpaired) electrons. The molecule has 364 valence electrons. The highest BCUT2D eigenvalue weighted by Crippen LogP contribution is 2.38. The molecule has 0 saturated carbocycles. The van der Waals surface area contributed by atoms with Crippen LogP contribution in [0, 0.1) is 0 Å². The summed E-state index contributed by atoms with van der Waals surface area (Å²) in [5.41, 5.74) is 0. The molecular weight excluding hydrogens is 804 g/mol. The number of carbonyl (C=O) groups excluding carboxylic acids is 1. The number of amides is 1. The van der Waals surface area contributed by atoms with Crippen molar-refractivity contribution in [3.8, 4) is 0 Å². The van der Waals surface area contributed by atoms with Crippen LogP contribution in [0.2, 0.25) is 0 Å². The number of nitrogens with one attached hydrogen (secondary N) is 1. The molecule has 3 unspecified atom stereocenters. The Morgan fingerprint density at radius 3 is 1.41 bits per heavy atom. The number of unbranched alkanes of at least 4 members (excludes halogenated alkanes) is 18. The number of aliphatic hydroxyl groups excluding tert-OH is 1. The van der Waals surface area contributed by atoms with E-state index in [4.69, 9.17) is 9.05 Å². The second kappa shape index (κ2) is 44.9. The molecule has 0 heterocycles. The maximum absolute atomic E-state index is 12.9. The fourth-order valence-electron chi connectivity index (χ4n) is 6.90. The van der Waals surface area contributed by atoms with E-state index in [9.17, 15) is 19.4 Å². The highest BCUT2D eigenvalue weighted by atomic mass is 31.2. The average Bonchev–Trinajstić information content (AvgIpc) is 3.24. The molecule has 0 aliphatic carbocycles. The highest BCUT2D eigenvalue weighted by Gasteiger charge is 2.24. The predicted octanol–water partition coefficient (Wildman–Crippen LogP) is 14.3. The van der Waals surface area contributed by atoms with Crippen molar-refractivity contribution in [1.82, 2.24) is 5.32 Å². The molecule has 8 nitrogen and oxygen atoms in total. The Labute approximate surface area is 388 Å². The molecule has 0 bridgehead atoms. The van der Waals surface area contributed by atoms with Crippen molar-refractivity contribution >= 4 is 13.7 Å². The summed E-state index contributed by atoms with van der Waals surface area (Å²) in [5.74, 6) is -0.177. The molecule has 0 fully saturated rings. The molecular formula is C54H97N2O6P. The van der Waals surface area contributed by atoms with Crippen LogP contribution in [0.4, 0.5) is 0 Å². The molecule has 9 heteroatoms. The van der Waals surface area contributed by atoms with Gasteiger partial charge in [0.15, 0.2) is 0 Å². The van der Waals surface area contributed by atoms with Gasteiger partial charge in [-0.1, -0.05) is 208 Å². The largest absolute Gasteiger partial charge is 0.756 e. The van der Waals surface area contributed by atoms with Crippen LogP contribution in [-0.2, 0) is 18.4 Å². The van der Waals surface area contributed by atoms with Gasteiger partial charge in [-0.05, 0) is 70.6 Å². The van der Waals surface area contributed by atoms with E-state index < -0.39 is 20.0 Å². The third kappa shape index (κ3) is 47.5. The SMILES string of the molecule is CC/C=C\C/C=C\C/C=C\C/C=C\C/C=C\C/C=C\C/C=C\CCCCCCCCCCCC(=O)NC(COP(=O)([O-])OCC[N+](C)(C)C)C(O)CCCCCCCCCCCC. The van der Waals surface area contributed by atoms with Crippen LogP contribution in [0.25, 0.3) is 0 Å². The van der Waals surface area contributed by atoms with Crippen LogP contribution >= 0.6 is 7.82 Å². The van der Waals surface area contributed by atoms with Crippen LogP contribution in [0.15, 0.2) is 85.1 Å². The van der Waals surface area contributed by atoms with E-state index in [-0.39, 0.29) is 19.1 Å². The molecule has 0 aromatic rings. The van der Waals surface area contributed by atoms with Crippen molar-refractivity contribution in [3.05, 3.63) is 85.1 Å². The number of hydrogen-bond donors (Lipinski definition) is 2. The molecule has 0 spiro atoms. The van der Waals surface area contributed by atoms with Gasteiger partial charge in [-0.2, -0.15) is 0 Å². The maximum Gasteiger partial charge on any atom is 0.268 e. The number of carbonyl (C=O) groups is 1. The molecule has 3 atom stereocenters. The van der Waals surface area contributed by atoms with Gasteiger partial charge >= 0.3 is 0 Å². The number of quaternary nitrogens is 1. The second-order valence-electron chi connectivity index (χ2n) is 18.1. The van der Waals surface area contributed by atoms with Crippen molar-refractivity contribution in [2.45, 2.75) is 212 Å². The van der Waals surface area contributed by atoms with E-state index in [0.717, 1.165) is 89.9 Å². The zero-order valence-corrected chi connectivity index (χ0v) is 42.1. The molecule has 0 aromatic carbocycles. The second-order valence-corrected chi connectivity index (χ2v) is 19.6. The van der Waals surface area contributed by atoms with Gasteiger partial charge in [0.2, 0.25) is 5.91 Å². The highest BCUT2D eigenvalue weighted by molar-refractivity contribution is 7.45. The fourth-order valence-corrected chi connectivity index (χ4v) is 7.62. The van der Waals surface area contributed by atoms with Crippen molar-refractivity contribution in [2.24, 2.45) is 0 Å². The zero-order valence-electron chi connectivity index (χ0n) is 41.2. The van der Waals surface area contributed by atoms with Crippen LogP contribution in [0.1, 0.15) is 200 Å². The quantitative estimate of drug-likeness (QED) is 0.0273. The van der Waals surface area contributed by atoms with Crippen LogP contribution in [0.3, 0.4) is 0 Å². The van der Waals surface area contributed by atoms with E-state index in [2.05, 4.69) is 104 Å². The lowest BCUT2D eigenvalue weighted by Gasteiger charge is -2.30. The van der Waals surface area contributed by atoms with Crippen LogP contribution in [0.5, 0.6) is 0 Å². The lowest BCUT2D eigenvalue weighted by atomic mass is 10.0. The topological polar surface area (TPSA) is 108 Å². The number of aliphatic hydroxyl groups is 1. The zero-order chi connectivity index (χ0) is 46.4. The number of rotatable bonds is 45. The molecule has 0 saturated heterocycles. The Kier molecular flexibility index (Phi) is 43.2. The first-order valence-corrected chi connectivity index (χ1v) is 26.9. The Hall–Kier alpha value is -2.32. The van der Waals surface area contributed by atoms with Crippen molar-refractivity contribution < 1.29 is 32.9 Å². The first kappa shape index (κ1) is 60.7. The Morgan fingerprint density at radius 1 is 0.571 bits per heavy atom. The molecule has 0 aliphatic heterocycles. The minimum atomic E-state index is -4.57.